The molecule has 0 unspecified atom stereocenters. The number of benzene rings is 3. The lowest BCUT2D eigenvalue weighted by molar-refractivity contribution is 0.0595. The SMILES string of the molecule is COC(=O)c1c(C(=O)c2ccc(OC)cc2)c2ccccc2n(Cc2ccccc2)c1=O. The number of methoxy groups -OCH3 is 2. The van der Waals surface area contributed by atoms with Crippen LogP contribution in [0.15, 0.2) is 83.7 Å². The molecule has 0 saturated heterocycles. The molecule has 0 aliphatic carbocycles. The number of carbonyl (C=O) groups is 2. The van der Waals surface area contributed by atoms with Crippen LogP contribution < -0.4 is 10.3 Å². The monoisotopic (exact) mass is 427 g/mol. The lowest BCUT2D eigenvalue weighted by Gasteiger charge is -2.17. The maximum absolute atomic E-state index is 13.5. The second-order valence-electron chi connectivity index (χ2n) is 7.19. The van der Waals surface area contributed by atoms with E-state index in [1.54, 1.807) is 48.5 Å². The van der Waals surface area contributed by atoms with E-state index in [1.807, 2.05) is 30.3 Å². The van der Waals surface area contributed by atoms with Gasteiger partial charge >= 0.3 is 5.97 Å². The fourth-order valence-electron chi connectivity index (χ4n) is 3.74. The van der Waals surface area contributed by atoms with Crippen molar-refractivity contribution in [2.75, 3.05) is 14.2 Å². The Kier molecular flexibility index (Phi) is 5.85. The van der Waals surface area contributed by atoms with E-state index in [9.17, 15) is 14.4 Å². The standard InChI is InChI=1S/C26H21NO5/c1-31-19-14-12-18(13-15-19)24(28)22-20-10-6-7-11-21(20)27(16-17-8-4-3-5-9-17)25(29)23(22)26(30)32-2/h3-15H,16H2,1-2H3. The summed E-state index contributed by atoms with van der Waals surface area (Å²) in [6, 6.07) is 23.0. The van der Waals surface area contributed by atoms with Crippen molar-refractivity contribution in [2.24, 2.45) is 0 Å². The molecule has 4 aromatic rings. The Balaban J connectivity index is 2.00. The second kappa shape index (κ2) is 8.89. The van der Waals surface area contributed by atoms with E-state index in [0.717, 1.165) is 5.56 Å². The number of para-hydroxylation sites is 1. The van der Waals surface area contributed by atoms with Gasteiger partial charge in [0.2, 0.25) is 0 Å². The summed E-state index contributed by atoms with van der Waals surface area (Å²) in [7, 11) is 2.73. The average Bonchev–Trinajstić information content (AvgIpc) is 2.85. The molecule has 0 saturated carbocycles. The molecule has 1 aromatic heterocycles. The highest BCUT2D eigenvalue weighted by Gasteiger charge is 2.28. The highest BCUT2D eigenvalue weighted by Crippen LogP contribution is 2.25. The molecule has 0 amide bonds. The topological polar surface area (TPSA) is 74.6 Å². The normalized spacial score (nSPS) is 10.7. The minimum Gasteiger partial charge on any atom is -0.497 e. The number of hydrogen-bond acceptors (Lipinski definition) is 5. The van der Waals surface area contributed by atoms with E-state index < -0.39 is 17.3 Å². The highest BCUT2D eigenvalue weighted by atomic mass is 16.5. The van der Waals surface area contributed by atoms with Crippen molar-refractivity contribution in [1.29, 1.82) is 0 Å². The van der Waals surface area contributed by atoms with Crippen molar-refractivity contribution in [3.8, 4) is 5.75 Å². The molecule has 1 heterocycles. The molecule has 0 atom stereocenters. The minimum atomic E-state index is -0.848. The molecular weight excluding hydrogens is 406 g/mol. The number of ether oxygens (including phenoxy) is 2. The Morgan fingerprint density at radius 3 is 2.12 bits per heavy atom. The van der Waals surface area contributed by atoms with E-state index >= 15 is 0 Å². The van der Waals surface area contributed by atoms with Gasteiger partial charge in [0.1, 0.15) is 11.3 Å². The van der Waals surface area contributed by atoms with Crippen molar-refractivity contribution in [3.63, 3.8) is 0 Å². The third kappa shape index (κ3) is 3.78. The quantitative estimate of drug-likeness (QED) is 0.342. The number of fused-ring (bicyclic) bond motifs is 1. The van der Waals surface area contributed by atoms with Gasteiger partial charge in [-0.05, 0) is 35.9 Å². The van der Waals surface area contributed by atoms with Gasteiger partial charge in [-0.1, -0.05) is 48.5 Å². The summed E-state index contributed by atoms with van der Waals surface area (Å²) < 4.78 is 11.6. The summed E-state index contributed by atoms with van der Waals surface area (Å²) in [6.07, 6.45) is 0. The van der Waals surface area contributed by atoms with Crippen LogP contribution in [0.1, 0.15) is 31.8 Å². The van der Waals surface area contributed by atoms with Gasteiger partial charge in [-0.15, -0.1) is 0 Å². The zero-order valence-corrected chi connectivity index (χ0v) is 17.7. The molecule has 0 spiro atoms. The number of pyridine rings is 1. The first kappa shape index (κ1) is 21.1. The summed E-state index contributed by atoms with van der Waals surface area (Å²) >= 11 is 0. The number of ketones is 1. The van der Waals surface area contributed by atoms with Crippen molar-refractivity contribution >= 4 is 22.7 Å². The van der Waals surface area contributed by atoms with Crippen LogP contribution in [0.3, 0.4) is 0 Å². The van der Waals surface area contributed by atoms with Crippen LogP contribution in [0.2, 0.25) is 0 Å². The molecule has 4 rings (SSSR count). The Morgan fingerprint density at radius 1 is 0.812 bits per heavy atom. The van der Waals surface area contributed by atoms with E-state index in [2.05, 4.69) is 0 Å². The number of esters is 1. The van der Waals surface area contributed by atoms with Crippen LogP contribution in [0.4, 0.5) is 0 Å². The molecule has 0 radical (unpaired) electrons. The Hall–Kier alpha value is -4.19. The smallest absolute Gasteiger partial charge is 0.344 e. The first-order valence-corrected chi connectivity index (χ1v) is 10.0. The number of nitrogens with zero attached hydrogens (tertiary/aromatic N) is 1. The fraction of sp³-hybridized carbons (Fsp3) is 0.115. The maximum Gasteiger partial charge on any atom is 0.344 e. The summed E-state index contributed by atoms with van der Waals surface area (Å²) in [4.78, 5) is 39.8. The highest BCUT2D eigenvalue weighted by molar-refractivity contribution is 6.20. The molecular formula is C26H21NO5. The van der Waals surface area contributed by atoms with Gasteiger partial charge in [0.25, 0.3) is 5.56 Å². The maximum atomic E-state index is 13.5. The molecule has 6 nitrogen and oxygen atoms in total. The molecule has 32 heavy (non-hydrogen) atoms. The molecule has 160 valence electrons. The van der Waals surface area contributed by atoms with E-state index in [1.165, 1.54) is 18.8 Å². The Morgan fingerprint density at radius 2 is 1.47 bits per heavy atom. The summed E-state index contributed by atoms with van der Waals surface area (Å²) in [6.45, 7) is 0.251. The Labute approximate surface area is 184 Å². The number of hydrogen-bond donors (Lipinski definition) is 0. The molecule has 0 aliphatic rings. The van der Waals surface area contributed by atoms with E-state index in [4.69, 9.17) is 9.47 Å². The van der Waals surface area contributed by atoms with Crippen molar-refractivity contribution in [2.45, 2.75) is 6.54 Å². The fourth-order valence-corrected chi connectivity index (χ4v) is 3.74. The number of rotatable bonds is 6. The van der Waals surface area contributed by atoms with Gasteiger partial charge < -0.3 is 14.0 Å². The second-order valence-corrected chi connectivity index (χ2v) is 7.19. The van der Waals surface area contributed by atoms with E-state index in [0.29, 0.717) is 22.2 Å². The lowest BCUT2D eigenvalue weighted by Crippen LogP contribution is -2.31. The van der Waals surface area contributed by atoms with Gasteiger partial charge in [-0.25, -0.2) is 4.79 Å². The number of carbonyl (C=O) groups excluding carboxylic acids is 2. The lowest BCUT2D eigenvalue weighted by atomic mass is 9.94. The van der Waals surface area contributed by atoms with Crippen LogP contribution in [0, 0.1) is 0 Å². The first-order chi connectivity index (χ1) is 15.5. The van der Waals surface area contributed by atoms with Gasteiger partial charge in [-0.3, -0.25) is 9.59 Å². The van der Waals surface area contributed by atoms with Crippen LogP contribution in [-0.4, -0.2) is 30.5 Å². The zero-order valence-electron chi connectivity index (χ0n) is 17.7. The summed E-state index contributed by atoms with van der Waals surface area (Å²) in [5, 5.41) is 0.504. The molecule has 0 fully saturated rings. The first-order valence-electron chi connectivity index (χ1n) is 10.0. The number of aromatic nitrogens is 1. The van der Waals surface area contributed by atoms with Crippen LogP contribution >= 0.6 is 0 Å². The van der Waals surface area contributed by atoms with Gasteiger partial charge in [0, 0.05) is 10.9 Å². The zero-order chi connectivity index (χ0) is 22.7. The predicted octanol–water partition coefficient (Wildman–Crippen LogP) is 4.08. The van der Waals surface area contributed by atoms with Gasteiger partial charge in [-0.2, -0.15) is 0 Å². The van der Waals surface area contributed by atoms with Gasteiger partial charge in [0.05, 0.1) is 31.8 Å². The van der Waals surface area contributed by atoms with Crippen LogP contribution in [-0.2, 0) is 11.3 Å². The third-order valence-corrected chi connectivity index (χ3v) is 5.33. The summed E-state index contributed by atoms with van der Waals surface area (Å²) in [5.41, 5.74) is 0.975. The molecule has 3 aromatic carbocycles. The predicted molar refractivity (Wildman–Crippen MR) is 122 cm³/mol. The average molecular weight is 427 g/mol. The van der Waals surface area contributed by atoms with Crippen LogP contribution in [0.5, 0.6) is 5.75 Å². The van der Waals surface area contributed by atoms with Gasteiger partial charge in [0.15, 0.2) is 5.78 Å². The van der Waals surface area contributed by atoms with Crippen molar-refractivity contribution < 1.29 is 19.1 Å². The molecule has 6 heteroatoms. The molecule has 0 N–H and O–H groups in total. The Bertz CT molecular complexity index is 1360. The van der Waals surface area contributed by atoms with Crippen molar-refractivity contribution in [1.82, 2.24) is 4.57 Å². The van der Waals surface area contributed by atoms with Crippen molar-refractivity contribution in [3.05, 3.63) is 111 Å². The van der Waals surface area contributed by atoms with E-state index in [-0.39, 0.29) is 17.7 Å². The third-order valence-electron chi connectivity index (χ3n) is 5.33. The minimum absolute atomic E-state index is 0.0342. The van der Waals surface area contributed by atoms with Crippen LogP contribution in [0.25, 0.3) is 10.9 Å². The molecule has 0 bridgehead atoms. The largest absolute Gasteiger partial charge is 0.497 e. The summed E-state index contributed by atoms with van der Waals surface area (Å²) in [5.74, 6) is -0.689. The molecule has 0 aliphatic heterocycles.